The van der Waals surface area contributed by atoms with Gasteiger partial charge in [0.05, 0.1) is 0 Å². The van der Waals surface area contributed by atoms with Crippen LogP contribution in [0.5, 0.6) is 0 Å². The highest BCUT2D eigenvalue weighted by Gasteiger charge is 2.26. The van der Waals surface area contributed by atoms with Crippen LogP contribution in [0.1, 0.15) is 27.7 Å². The number of benzene rings is 2. The highest BCUT2D eigenvalue weighted by molar-refractivity contribution is 6.40. The summed E-state index contributed by atoms with van der Waals surface area (Å²) in [7, 11) is 0. The summed E-state index contributed by atoms with van der Waals surface area (Å²) in [4.78, 5) is 26.3. The lowest BCUT2D eigenvalue weighted by Gasteiger charge is -2.30. The number of rotatable bonds is 3. The average molecular weight is 298 g/mol. The Morgan fingerprint density at radius 1 is 0.909 bits per heavy atom. The Hall–Kier alpha value is -2.36. The Morgan fingerprint density at radius 3 is 2.14 bits per heavy atom. The molecular weight excluding hydrogens is 276 g/mol. The van der Waals surface area contributed by atoms with Gasteiger partial charge >= 0.3 is 11.8 Å². The van der Waals surface area contributed by atoms with Crippen molar-refractivity contribution in [2.45, 2.75) is 39.8 Å². The van der Waals surface area contributed by atoms with Gasteiger partial charge in [0, 0.05) is 23.2 Å². The molecule has 2 rings (SSSR count). The van der Waals surface area contributed by atoms with Crippen LogP contribution in [0.3, 0.4) is 0 Å². The van der Waals surface area contributed by atoms with Gasteiger partial charge in [0.1, 0.15) is 0 Å². The molecule has 4 nitrogen and oxygen atoms in total. The highest BCUT2D eigenvalue weighted by Crippen LogP contribution is 2.23. The summed E-state index contributed by atoms with van der Waals surface area (Å²) in [6.07, 6.45) is 0. The van der Waals surface area contributed by atoms with Gasteiger partial charge in [-0.05, 0) is 39.1 Å². The van der Waals surface area contributed by atoms with Crippen LogP contribution >= 0.6 is 0 Å². The first-order valence-corrected chi connectivity index (χ1v) is 7.53. The molecule has 2 aromatic rings. The number of hydrogen-bond donors (Lipinski definition) is 1. The predicted molar refractivity (Wildman–Crippen MR) is 89.7 cm³/mol. The Morgan fingerprint density at radius 2 is 1.50 bits per heavy atom. The first-order valence-electron chi connectivity index (χ1n) is 7.53. The number of carbonyl (C=O) groups excluding carboxylic acids is 2. The van der Waals surface area contributed by atoms with Gasteiger partial charge in [-0.3, -0.25) is 9.59 Å². The molecule has 0 saturated carbocycles. The van der Waals surface area contributed by atoms with Crippen LogP contribution in [-0.4, -0.2) is 28.8 Å². The molecule has 0 bridgehead atoms. The largest absolute Gasteiger partial charge is 0.330 e. The monoisotopic (exact) mass is 298 g/mol. The van der Waals surface area contributed by atoms with Crippen LogP contribution in [0, 0.1) is 0 Å². The van der Waals surface area contributed by atoms with Crippen molar-refractivity contribution < 1.29 is 9.59 Å². The van der Waals surface area contributed by atoms with E-state index in [1.807, 2.05) is 70.2 Å². The molecule has 2 aromatic carbocycles. The van der Waals surface area contributed by atoms with Crippen LogP contribution in [-0.2, 0) is 9.59 Å². The van der Waals surface area contributed by atoms with Crippen molar-refractivity contribution in [2.24, 2.45) is 0 Å². The molecule has 0 aromatic heterocycles. The van der Waals surface area contributed by atoms with Crippen LogP contribution in [0.4, 0.5) is 5.69 Å². The molecule has 0 aliphatic heterocycles. The molecule has 0 atom stereocenters. The number of anilines is 1. The Kier molecular flexibility index (Phi) is 4.81. The Balaban J connectivity index is 2.25. The summed E-state index contributed by atoms with van der Waals surface area (Å²) in [5.74, 6) is -1.10. The Bertz CT molecular complexity index is 679. The smallest absolute Gasteiger partial charge is 0.313 e. The molecule has 0 spiro atoms. The van der Waals surface area contributed by atoms with Crippen molar-refractivity contribution in [2.75, 3.05) is 5.32 Å². The summed E-state index contributed by atoms with van der Waals surface area (Å²) in [5, 5.41) is 4.69. The lowest BCUT2D eigenvalue weighted by molar-refractivity contribution is -0.145. The molecule has 22 heavy (non-hydrogen) atoms. The number of carbonyl (C=O) groups is 2. The van der Waals surface area contributed by atoms with Crippen LogP contribution in [0.15, 0.2) is 42.5 Å². The zero-order valence-electron chi connectivity index (χ0n) is 13.5. The maximum absolute atomic E-state index is 12.4. The van der Waals surface area contributed by atoms with E-state index in [1.54, 1.807) is 4.90 Å². The molecule has 1 N–H and O–H groups in total. The van der Waals surface area contributed by atoms with Crippen LogP contribution < -0.4 is 5.32 Å². The highest BCUT2D eigenvalue weighted by atomic mass is 16.2. The number of nitrogens with one attached hydrogen (secondary N) is 1. The van der Waals surface area contributed by atoms with Gasteiger partial charge in [0.2, 0.25) is 0 Å². The Labute approximate surface area is 131 Å². The van der Waals surface area contributed by atoms with E-state index >= 15 is 0 Å². The lowest BCUT2D eigenvalue weighted by Crippen LogP contribution is -2.47. The molecular formula is C18H22N2O2. The van der Waals surface area contributed by atoms with Crippen LogP contribution in [0.2, 0.25) is 0 Å². The fourth-order valence-electron chi connectivity index (χ4n) is 2.69. The van der Waals surface area contributed by atoms with E-state index in [0.29, 0.717) is 5.69 Å². The lowest BCUT2D eigenvalue weighted by atomic mass is 10.1. The summed E-state index contributed by atoms with van der Waals surface area (Å²) in [6, 6.07) is 13.4. The van der Waals surface area contributed by atoms with Gasteiger partial charge in [-0.2, -0.15) is 0 Å². The van der Waals surface area contributed by atoms with E-state index in [4.69, 9.17) is 0 Å². The van der Waals surface area contributed by atoms with Gasteiger partial charge in [-0.25, -0.2) is 0 Å². The molecule has 0 radical (unpaired) electrons. The topological polar surface area (TPSA) is 49.4 Å². The minimum absolute atomic E-state index is 0.0224. The van der Waals surface area contributed by atoms with Gasteiger partial charge in [0.25, 0.3) is 0 Å². The van der Waals surface area contributed by atoms with Crippen molar-refractivity contribution in [3.63, 3.8) is 0 Å². The minimum atomic E-state index is -0.598. The summed E-state index contributed by atoms with van der Waals surface area (Å²) >= 11 is 0. The van der Waals surface area contributed by atoms with E-state index in [9.17, 15) is 9.59 Å². The normalized spacial score (nSPS) is 11.0. The quantitative estimate of drug-likeness (QED) is 0.883. The summed E-state index contributed by atoms with van der Waals surface area (Å²) in [5.41, 5.74) is 0.656. The maximum Gasteiger partial charge on any atom is 0.313 e. The van der Waals surface area contributed by atoms with E-state index in [-0.39, 0.29) is 12.1 Å². The van der Waals surface area contributed by atoms with Gasteiger partial charge in [-0.1, -0.05) is 36.4 Å². The van der Waals surface area contributed by atoms with Crippen molar-refractivity contribution in [3.8, 4) is 0 Å². The average Bonchev–Trinajstić information content (AvgIpc) is 2.46. The second-order valence-electron chi connectivity index (χ2n) is 5.88. The number of fused-ring (bicyclic) bond motifs is 1. The van der Waals surface area contributed by atoms with Crippen LogP contribution in [0.25, 0.3) is 10.8 Å². The SMILES string of the molecule is CC(C)N(C(=O)C(=O)Nc1cccc2ccccc12)C(C)C. The molecule has 0 aliphatic carbocycles. The van der Waals surface area contributed by atoms with E-state index < -0.39 is 11.8 Å². The molecule has 4 heteroatoms. The van der Waals surface area contributed by atoms with Crippen molar-refractivity contribution >= 4 is 28.3 Å². The zero-order chi connectivity index (χ0) is 16.3. The fraction of sp³-hybridized carbons (Fsp3) is 0.333. The maximum atomic E-state index is 12.4. The molecule has 116 valence electrons. The predicted octanol–water partition coefficient (Wildman–Crippen LogP) is 3.42. The van der Waals surface area contributed by atoms with E-state index in [0.717, 1.165) is 10.8 Å². The molecule has 0 saturated heterocycles. The number of nitrogens with zero attached hydrogens (tertiary/aromatic N) is 1. The first kappa shape index (κ1) is 16.0. The van der Waals surface area contributed by atoms with Crippen molar-refractivity contribution in [1.29, 1.82) is 0 Å². The number of amides is 2. The minimum Gasteiger partial charge on any atom is -0.330 e. The number of hydrogen-bond acceptors (Lipinski definition) is 2. The van der Waals surface area contributed by atoms with Gasteiger partial charge in [-0.15, -0.1) is 0 Å². The fourth-order valence-corrected chi connectivity index (χ4v) is 2.69. The van der Waals surface area contributed by atoms with Gasteiger partial charge in [0.15, 0.2) is 0 Å². The third-order valence-corrected chi connectivity index (χ3v) is 3.58. The molecule has 0 unspecified atom stereocenters. The third kappa shape index (κ3) is 3.27. The summed E-state index contributed by atoms with van der Waals surface area (Å²) < 4.78 is 0. The molecule has 0 heterocycles. The van der Waals surface area contributed by atoms with Crippen molar-refractivity contribution in [3.05, 3.63) is 42.5 Å². The third-order valence-electron chi connectivity index (χ3n) is 3.58. The van der Waals surface area contributed by atoms with Gasteiger partial charge < -0.3 is 10.2 Å². The van der Waals surface area contributed by atoms with Crippen molar-refractivity contribution in [1.82, 2.24) is 4.90 Å². The molecule has 2 amide bonds. The zero-order valence-corrected chi connectivity index (χ0v) is 13.5. The summed E-state index contributed by atoms with van der Waals surface area (Å²) in [6.45, 7) is 7.62. The molecule has 0 fully saturated rings. The standard InChI is InChI=1S/C18H22N2O2/c1-12(2)20(13(3)4)18(22)17(21)19-16-11-7-9-14-8-5-6-10-15(14)16/h5-13H,1-4H3,(H,19,21). The second-order valence-corrected chi connectivity index (χ2v) is 5.88. The second kappa shape index (κ2) is 6.60. The molecule has 0 aliphatic rings. The first-order chi connectivity index (χ1) is 10.4. The van der Waals surface area contributed by atoms with E-state index in [2.05, 4.69) is 5.32 Å². The van der Waals surface area contributed by atoms with E-state index in [1.165, 1.54) is 0 Å².